The van der Waals surface area contributed by atoms with Crippen LogP contribution in [0.15, 0.2) is 67.4 Å². The van der Waals surface area contributed by atoms with Crippen molar-refractivity contribution < 1.29 is 21.6 Å². The lowest BCUT2D eigenvalue weighted by Crippen LogP contribution is -1.97. The Bertz CT molecular complexity index is 1030. The number of azide groups is 2. The monoisotopic (exact) mass is 380 g/mol. The van der Waals surface area contributed by atoms with Gasteiger partial charge in [-0.05, 0) is 47.5 Å². The molecule has 0 radical (unpaired) electrons. The van der Waals surface area contributed by atoms with Gasteiger partial charge in [-0.25, -0.2) is 16.8 Å². The van der Waals surface area contributed by atoms with Gasteiger partial charge in [0.15, 0.2) is 0 Å². The van der Waals surface area contributed by atoms with Gasteiger partial charge >= 0.3 is 0 Å². The normalized spacial score (nSPS) is 11.0. The predicted molar refractivity (Wildman–Crippen MR) is 85.6 cm³/mol. The first-order valence-electron chi connectivity index (χ1n) is 6.29. The van der Waals surface area contributed by atoms with Crippen molar-refractivity contribution in [2.45, 2.75) is 9.79 Å². The fraction of sp³-hybridized carbons (Fsp3) is 0. The number of hydrogen-bond donors (Lipinski definition) is 0. The Kier molecular flexibility index (Phi) is 5.15. The fourth-order valence-corrected chi connectivity index (χ4v) is 3.13. The van der Waals surface area contributed by atoms with Crippen LogP contribution in [-0.4, -0.2) is 16.8 Å². The Labute approximate surface area is 141 Å². The summed E-state index contributed by atoms with van der Waals surface area (Å²) in [6, 6.07) is 10.2. The van der Waals surface area contributed by atoms with Crippen molar-refractivity contribution in [3.63, 3.8) is 0 Å². The van der Waals surface area contributed by atoms with Crippen molar-refractivity contribution in [2.24, 2.45) is 9.04 Å². The molecule has 0 unspecified atom stereocenters. The molecule has 0 aliphatic carbocycles. The van der Waals surface area contributed by atoms with E-state index in [4.69, 9.17) is 15.8 Å². The first kappa shape index (κ1) is 18.1. The van der Waals surface area contributed by atoms with E-state index >= 15 is 0 Å². The minimum absolute atomic E-state index is 0.0625. The van der Waals surface area contributed by atoms with E-state index in [9.17, 15) is 16.8 Å². The van der Waals surface area contributed by atoms with Crippen LogP contribution >= 0.6 is 0 Å². The molecule has 0 spiro atoms. The van der Waals surface area contributed by atoms with Crippen molar-refractivity contribution in [3.8, 4) is 11.5 Å². The molecule has 0 saturated heterocycles. The van der Waals surface area contributed by atoms with Gasteiger partial charge in [0.1, 0.15) is 11.5 Å². The van der Waals surface area contributed by atoms with Gasteiger partial charge in [-0.1, -0.05) is 12.1 Å². The summed E-state index contributed by atoms with van der Waals surface area (Å²) in [5.41, 5.74) is 16.5. The Balaban J connectivity index is 2.39. The summed E-state index contributed by atoms with van der Waals surface area (Å²) >= 11 is 0. The molecule has 2 rings (SSSR count). The van der Waals surface area contributed by atoms with Crippen molar-refractivity contribution in [1.82, 2.24) is 0 Å². The minimum Gasteiger partial charge on any atom is -0.457 e. The van der Waals surface area contributed by atoms with E-state index in [1.165, 1.54) is 36.4 Å². The third-order valence-corrected chi connectivity index (χ3v) is 5.01. The van der Waals surface area contributed by atoms with E-state index in [2.05, 4.69) is 18.9 Å². The molecule has 0 aliphatic rings. The maximum absolute atomic E-state index is 11.7. The average molecular weight is 380 g/mol. The van der Waals surface area contributed by atoms with Gasteiger partial charge in [0.25, 0.3) is 20.0 Å². The summed E-state index contributed by atoms with van der Waals surface area (Å²) in [7, 11) is -8.37. The Morgan fingerprint density at radius 2 is 1.16 bits per heavy atom. The number of benzene rings is 2. The lowest BCUT2D eigenvalue weighted by atomic mass is 10.3. The number of ether oxygens (including phenoxy) is 1. The molecule has 25 heavy (non-hydrogen) atoms. The second-order valence-electron chi connectivity index (χ2n) is 4.34. The maximum atomic E-state index is 11.7. The quantitative estimate of drug-likeness (QED) is 0.422. The van der Waals surface area contributed by atoms with Gasteiger partial charge in [-0.3, -0.25) is 0 Å². The molecule has 2 aromatic carbocycles. The SMILES string of the molecule is [N-]=[N+]=NS(=O)(=O)c1cccc(Oc2cccc(S(=O)(=O)N=[N+]=[N-])c2)c1. The van der Waals surface area contributed by atoms with Gasteiger partial charge in [0.05, 0.1) is 9.79 Å². The van der Waals surface area contributed by atoms with E-state index in [1.807, 2.05) is 0 Å². The summed E-state index contributed by atoms with van der Waals surface area (Å²) in [6.07, 6.45) is 0. The molecule has 0 aliphatic heterocycles. The minimum atomic E-state index is -4.19. The smallest absolute Gasteiger partial charge is 0.264 e. The lowest BCUT2D eigenvalue weighted by Gasteiger charge is -2.08. The van der Waals surface area contributed by atoms with Crippen LogP contribution in [0.2, 0.25) is 0 Å². The molecule has 0 heterocycles. The van der Waals surface area contributed by atoms with Crippen LogP contribution in [-0.2, 0) is 20.0 Å². The standard InChI is InChI=1S/C12H8N6O5S2/c13-15-17-24(19,20)11-5-1-3-9(7-11)23-10-4-2-6-12(8-10)25(21,22)18-16-14/h1-8H. The first-order chi connectivity index (χ1) is 11.8. The van der Waals surface area contributed by atoms with Gasteiger partial charge in [-0.2, -0.15) is 0 Å². The summed E-state index contributed by atoms with van der Waals surface area (Å²) in [5, 5.41) is 0. The molecule has 0 atom stereocenters. The molecule has 11 nitrogen and oxygen atoms in total. The van der Waals surface area contributed by atoms with Gasteiger partial charge < -0.3 is 4.74 Å². The third-order valence-electron chi connectivity index (χ3n) is 2.73. The Hall–Kier alpha value is -3.24. The number of hydrogen-bond acceptors (Lipinski definition) is 5. The summed E-state index contributed by atoms with van der Waals surface area (Å²) in [6.45, 7) is 0. The van der Waals surface area contributed by atoms with Crippen molar-refractivity contribution in [3.05, 3.63) is 69.4 Å². The van der Waals surface area contributed by atoms with E-state index in [1.54, 1.807) is 0 Å². The van der Waals surface area contributed by atoms with Crippen molar-refractivity contribution in [2.75, 3.05) is 0 Å². The van der Waals surface area contributed by atoms with E-state index in [0.29, 0.717) is 0 Å². The van der Waals surface area contributed by atoms with Crippen LogP contribution in [0.1, 0.15) is 0 Å². The molecule has 0 saturated carbocycles. The topological polar surface area (TPSA) is 175 Å². The highest BCUT2D eigenvalue weighted by molar-refractivity contribution is 7.90. The largest absolute Gasteiger partial charge is 0.457 e. The van der Waals surface area contributed by atoms with Gasteiger partial charge in [0.2, 0.25) is 0 Å². The van der Waals surface area contributed by atoms with Crippen LogP contribution in [0.3, 0.4) is 0 Å². The van der Waals surface area contributed by atoms with Crippen LogP contribution < -0.4 is 4.74 Å². The molecular formula is C12H8N6O5S2. The molecule has 0 N–H and O–H groups in total. The van der Waals surface area contributed by atoms with E-state index in [-0.39, 0.29) is 21.3 Å². The van der Waals surface area contributed by atoms with Gasteiger partial charge in [-0.15, -0.1) is 0 Å². The summed E-state index contributed by atoms with van der Waals surface area (Å²) in [5.74, 6) is 0.125. The zero-order valence-electron chi connectivity index (χ0n) is 12.2. The highest BCUT2D eigenvalue weighted by atomic mass is 32.2. The van der Waals surface area contributed by atoms with Crippen LogP contribution in [0.4, 0.5) is 0 Å². The highest BCUT2D eigenvalue weighted by Crippen LogP contribution is 2.27. The molecule has 128 valence electrons. The van der Waals surface area contributed by atoms with Gasteiger partial charge in [0, 0.05) is 18.9 Å². The number of rotatable bonds is 6. The summed E-state index contributed by atoms with van der Waals surface area (Å²) in [4.78, 5) is 3.90. The third kappa shape index (κ3) is 4.40. The first-order valence-corrected chi connectivity index (χ1v) is 9.17. The Morgan fingerprint density at radius 1 is 0.760 bits per heavy atom. The fourth-order valence-electron chi connectivity index (χ4n) is 1.72. The molecule has 0 bridgehead atoms. The molecule has 0 aromatic heterocycles. The van der Waals surface area contributed by atoms with E-state index in [0.717, 1.165) is 12.1 Å². The second-order valence-corrected chi connectivity index (χ2v) is 7.51. The predicted octanol–water partition coefficient (Wildman–Crippen LogP) is 3.48. The highest BCUT2D eigenvalue weighted by Gasteiger charge is 2.15. The van der Waals surface area contributed by atoms with E-state index < -0.39 is 20.0 Å². The average Bonchev–Trinajstić information content (AvgIpc) is 2.55. The molecule has 13 heteroatoms. The second kappa shape index (κ2) is 7.11. The molecule has 0 fully saturated rings. The molecule has 2 aromatic rings. The maximum Gasteiger partial charge on any atom is 0.264 e. The number of sulfonamides is 2. The lowest BCUT2D eigenvalue weighted by molar-refractivity contribution is 0.479. The number of nitrogens with zero attached hydrogens (tertiary/aromatic N) is 6. The van der Waals surface area contributed by atoms with Crippen molar-refractivity contribution in [1.29, 1.82) is 0 Å². The van der Waals surface area contributed by atoms with Crippen LogP contribution in [0.5, 0.6) is 11.5 Å². The van der Waals surface area contributed by atoms with Crippen molar-refractivity contribution >= 4 is 20.0 Å². The summed E-state index contributed by atoms with van der Waals surface area (Å²) < 4.78 is 57.6. The molecule has 0 amide bonds. The van der Waals surface area contributed by atoms with Crippen LogP contribution in [0.25, 0.3) is 20.9 Å². The Morgan fingerprint density at radius 3 is 1.52 bits per heavy atom. The molecular weight excluding hydrogens is 372 g/mol. The van der Waals surface area contributed by atoms with Crippen LogP contribution in [0, 0.1) is 0 Å². The zero-order chi connectivity index (χ0) is 18.5. The zero-order valence-corrected chi connectivity index (χ0v) is 13.8.